The average Bonchev–Trinajstić information content (AvgIpc) is 2.59. The molecule has 150 valence electrons. The zero-order valence-corrected chi connectivity index (χ0v) is 19.0. The third-order valence-corrected chi connectivity index (χ3v) is 4.94. The van der Waals surface area contributed by atoms with Crippen LogP contribution in [0.2, 0.25) is 0 Å². The van der Waals surface area contributed by atoms with Crippen LogP contribution in [0.5, 0.6) is 5.75 Å². The molecule has 0 aromatic heterocycles. The van der Waals surface area contributed by atoms with E-state index in [1.165, 1.54) is 44.9 Å². The van der Waals surface area contributed by atoms with E-state index in [2.05, 4.69) is 28.1 Å². The molecule has 0 aliphatic carbocycles. The molecule has 1 aromatic rings. The minimum absolute atomic E-state index is 0. The maximum atomic E-state index is 13.0. The Morgan fingerprint density at radius 1 is 0.923 bits per heavy atom. The summed E-state index contributed by atoms with van der Waals surface area (Å²) >= 11 is 0. The highest BCUT2D eigenvalue weighted by atomic mass is 79.9. The average molecular weight is 428 g/mol. The Morgan fingerprint density at radius 2 is 1.42 bits per heavy atom. The highest BCUT2D eigenvalue weighted by Crippen LogP contribution is 2.20. The van der Waals surface area contributed by atoms with E-state index in [-0.39, 0.29) is 28.8 Å². The van der Waals surface area contributed by atoms with Gasteiger partial charge in [0.15, 0.2) is 6.04 Å². The molecule has 4 heteroatoms. The number of methoxy groups -OCH3 is 1. The molecule has 1 atom stereocenters. The van der Waals surface area contributed by atoms with Gasteiger partial charge in [0, 0.05) is 12.0 Å². The van der Waals surface area contributed by atoms with Gasteiger partial charge in [-0.3, -0.25) is 4.79 Å². The monoisotopic (exact) mass is 427 g/mol. The first-order valence-corrected chi connectivity index (χ1v) is 9.89. The van der Waals surface area contributed by atoms with Crippen LogP contribution in [0, 0.1) is 0 Å². The van der Waals surface area contributed by atoms with E-state index in [0.29, 0.717) is 4.48 Å². The molecule has 0 radical (unpaired) electrons. The third kappa shape index (κ3) is 9.18. The van der Waals surface area contributed by atoms with E-state index in [1.54, 1.807) is 7.11 Å². The zero-order chi connectivity index (χ0) is 18.7. The van der Waals surface area contributed by atoms with Gasteiger partial charge >= 0.3 is 0 Å². The Labute approximate surface area is 171 Å². The van der Waals surface area contributed by atoms with Gasteiger partial charge in [-0.1, -0.05) is 51.9 Å². The van der Waals surface area contributed by atoms with Crippen molar-refractivity contribution >= 4 is 5.78 Å². The van der Waals surface area contributed by atoms with E-state index in [4.69, 9.17) is 4.74 Å². The maximum Gasteiger partial charge on any atom is 0.219 e. The van der Waals surface area contributed by atoms with Crippen LogP contribution in [0.15, 0.2) is 24.3 Å². The number of likely N-dealkylation sites (N-methyl/N-ethyl adjacent to an activating group) is 1. The van der Waals surface area contributed by atoms with Gasteiger partial charge in [0.25, 0.3) is 0 Å². The molecule has 3 nitrogen and oxygen atoms in total. The number of hydrogen-bond acceptors (Lipinski definition) is 2. The second-order valence-electron chi connectivity index (χ2n) is 7.99. The van der Waals surface area contributed by atoms with Crippen LogP contribution in [-0.4, -0.2) is 44.6 Å². The van der Waals surface area contributed by atoms with Gasteiger partial charge < -0.3 is 26.2 Å². The summed E-state index contributed by atoms with van der Waals surface area (Å²) in [6.45, 7) is 2.25. The van der Waals surface area contributed by atoms with Crippen LogP contribution >= 0.6 is 0 Å². The van der Waals surface area contributed by atoms with Crippen molar-refractivity contribution in [2.45, 2.75) is 70.8 Å². The highest BCUT2D eigenvalue weighted by Gasteiger charge is 2.31. The molecule has 26 heavy (non-hydrogen) atoms. The summed E-state index contributed by atoms with van der Waals surface area (Å²) in [7, 11) is 8.01. The van der Waals surface area contributed by atoms with Crippen molar-refractivity contribution in [1.29, 1.82) is 0 Å². The second-order valence-corrected chi connectivity index (χ2v) is 7.99. The lowest BCUT2D eigenvalue weighted by atomic mass is 9.96. The van der Waals surface area contributed by atoms with Crippen LogP contribution in [0.3, 0.4) is 0 Å². The van der Waals surface area contributed by atoms with Crippen molar-refractivity contribution in [3.05, 3.63) is 29.8 Å². The fraction of sp³-hybridized carbons (Fsp3) is 0.682. The van der Waals surface area contributed by atoms with Gasteiger partial charge in [-0.25, -0.2) is 0 Å². The van der Waals surface area contributed by atoms with Crippen molar-refractivity contribution in [3.63, 3.8) is 0 Å². The van der Waals surface area contributed by atoms with E-state index in [0.717, 1.165) is 24.2 Å². The SMILES string of the molecule is CCCCCCCCCCC(C(=O)c1ccc(OC)cc1)[N+](C)(C)C.[Br-]. The Bertz CT molecular complexity index is 494. The fourth-order valence-electron chi connectivity index (χ4n) is 3.29. The summed E-state index contributed by atoms with van der Waals surface area (Å²) in [4.78, 5) is 13.0. The number of nitrogens with zero attached hydrogens (tertiary/aromatic N) is 1. The number of unbranched alkanes of at least 4 members (excludes halogenated alkanes) is 7. The molecular weight excluding hydrogens is 390 g/mol. The van der Waals surface area contributed by atoms with Crippen molar-refractivity contribution in [1.82, 2.24) is 0 Å². The van der Waals surface area contributed by atoms with E-state index >= 15 is 0 Å². The molecule has 0 saturated carbocycles. The molecule has 0 aliphatic heterocycles. The molecule has 0 N–H and O–H groups in total. The molecule has 0 fully saturated rings. The number of ketones is 1. The van der Waals surface area contributed by atoms with E-state index < -0.39 is 0 Å². The first-order chi connectivity index (χ1) is 11.9. The van der Waals surface area contributed by atoms with Gasteiger partial charge in [-0.05, 0) is 30.7 Å². The Kier molecular flexibility index (Phi) is 12.9. The number of carbonyl (C=O) groups is 1. The first-order valence-electron chi connectivity index (χ1n) is 9.89. The molecule has 0 saturated heterocycles. The molecule has 1 unspecified atom stereocenters. The lowest BCUT2D eigenvalue weighted by Crippen LogP contribution is -3.00. The molecular formula is C22H38BrNO2. The lowest BCUT2D eigenvalue weighted by molar-refractivity contribution is -0.886. The van der Waals surface area contributed by atoms with Crippen molar-refractivity contribution < 1.29 is 31.0 Å². The predicted octanol–water partition coefficient (Wildman–Crippen LogP) is 2.49. The molecule has 1 rings (SSSR count). The minimum atomic E-state index is 0. The molecule has 0 bridgehead atoms. The van der Waals surface area contributed by atoms with Gasteiger partial charge in [-0.2, -0.15) is 0 Å². The van der Waals surface area contributed by atoms with Crippen LogP contribution in [0.1, 0.15) is 75.1 Å². The molecule has 0 aliphatic rings. The fourth-order valence-corrected chi connectivity index (χ4v) is 3.29. The van der Waals surface area contributed by atoms with Crippen molar-refractivity contribution in [3.8, 4) is 5.75 Å². The number of benzene rings is 1. The first kappa shape index (κ1) is 25.1. The number of rotatable bonds is 13. The third-order valence-electron chi connectivity index (χ3n) is 4.94. The quantitative estimate of drug-likeness (QED) is 0.274. The Hall–Kier alpha value is -0.870. The van der Waals surface area contributed by atoms with Gasteiger partial charge in [0.05, 0.1) is 28.3 Å². The number of Topliss-reactive ketones (excluding diaryl/α,β-unsaturated/α-hetero) is 1. The smallest absolute Gasteiger partial charge is 0.219 e. The van der Waals surface area contributed by atoms with Gasteiger partial charge in [0.2, 0.25) is 5.78 Å². The number of hydrogen-bond donors (Lipinski definition) is 0. The predicted molar refractivity (Wildman–Crippen MR) is 106 cm³/mol. The summed E-state index contributed by atoms with van der Waals surface area (Å²) in [6.07, 6.45) is 11.4. The molecule has 1 aromatic carbocycles. The molecule has 0 amide bonds. The summed E-state index contributed by atoms with van der Waals surface area (Å²) in [5.41, 5.74) is 0.790. The lowest BCUT2D eigenvalue weighted by Gasteiger charge is -2.33. The number of halogens is 1. The van der Waals surface area contributed by atoms with Crippen LogP contribution in [-0.2, 0) is 0 Å². The zero-order valence-electron chi connectivity index (χ0n) is 17.4. The maximum absolute atomic E-state index is 13.0. The molecule has 0 spiro atoms. The second kappa shape index (κ2) is 13.3. The van der Waals surface area contributed by atoms with Gasteiger partial charge in [0.1, 0.15) is 5.75 Å². The number of ether oxygens (including phenoxy) is 1. The van der Waals surface area contributed by atoms with Crippen LogP contribution in [0.25, 0.3) is 0 Å². The van der Waals surface area contributed by atoms with Crippen molar-refractivity contribution in [2.75, 3.05) is 28.3 Å². The van der Waals surface area contributed by atoms with Gasteiger partial charge in [-0.15, -0.1) is 0 Å². The summed E-state index contributed by atoms with van der Waals surface area (Å²) in [5, 5.41) is 0. The minimum Gasteiger partial charge on any atom is -1.00 e. The largest absolute Gasteiger partial charge is 1.00 e. The number of carbonyl (C=O) groups excluding carboxylic acids is 1. The number of quaternary nitrogens is 1. The van der Waals surface area contributed by atoms with E-state index in [1.807, 2.05) is 24.3 Å². The van der Waals surface area contributed by atoms with Crippen molar-refractivity contribution in [2.24, 2.45) is 0 Å². The highest BCUT2D eigenvalue weighted by molar-refractivity contribution is 5.99. The Balaban J connectivity index is 0.00000625. The van der Waals surface area contributed by atoms with Crippen LogP contribution in [0.4, 0.5) is 0 Å². The van der Waals surface area contributed by atoms with Crippen LogP contribution < -0.4 is 21.7 Å². The summed E-state index contributed by atoms with van der Waals surface area (Å²) in [6, 6.07) is 7.54. The Morgan fingerprint density at radius 3 is 1.88 bits per heavy atom. The van der Waals surface area contributed by atoms with E-state index in [9.17, 15) is 4.79 Å². The summed E-state index contributed by atoms with van der Waals surface area (Å²) < 4.78 is 5.87. The molecule has 0 heterocycles. The standard InChI is InChI=1S/C22H38NO2.BrH/c1-6-7-8-9-10-11-12-13-14-21(23(2,3)4)22(24)19-15-17-20(25-5)18-16-19;/h15-18,21H,6-14H2,1-5H3;1H/q+1;/p-1. The normalized spacial score (nSPS) is 12.3. The summed E-state index contributed by atoms with van der Waals surface area (Å²) in [5.74, 6) is 1.04. The topological polar surface area (TPSA) is 26.3 Å².